The number of carbonyl (C=O) groups is 1. The standard InChI is InChI=1S/C21H24F3N3O/c22-21(23,24)20-17-6-2-3-7-18(17)27(25-20)16-10-8-15(9-11-16)14-19(28)26-12-4-1-5-13-26/h8-11H,1-7,12-14H2. The molecule has 2 heterocycles. The molecule has 2 aliphatic rings. The average molecular weight is 391 g/mol. The minimum atomic E-state index is -4.44. The smallest absolute Gasteiger partial charge is 0.342 e. The molecule has 28 heavy (non-hydrogen) atoms. The molecule has 4 nitrogen and oxygen atoms in total. The van der Waals surface area contributed by atoms with Gasteiger partial charge in [0.05, 0.1) is 12.1 Å². The van der Waals surface area contributed by atoms with Gasteiger partial charge in [0.25, 0.3) is 0 Å². The van der Waals surface area contributed by atoms with E-state index < -0.39 is 11.9 Å². The number of piperidine rings is 1. The number of likely N-dealkylation sites (tertiary alicyclic amines) is 1. The van der Waals surface area contributed by atoms with Crippen LogP contribution < -0.4 is 0 Å². The van der Waals surface area contributed by atoms with Crippen LogP contribution in [0.2, 0.25) is 0 Å². The summed E-state index contributed by atoms with van der Waals surface area (Å²) in [4.78, 5) is 14.3. The highest BCUT2D eigenvalue weighted by Gasteiger charge is 2.39. The number of halogens is 3. The molecule has 0 spiro atoms. The fraction of sp³-hybridized carbons (Fsp3) is 0.524. The Morgan fingerprint density at radius 3 is 2.32 bits per heavy atom. The first kappa shape index (κ1) is 19.0. The molecule has 2 aromatic rings. The van der Waals surface area contributed by atoms with Crippen molar-refractivity contribution >= 4 is 5.91 Å². The second-order valence-electron chi connectivity index (χ2n) is 7.68. The van der Waals surface area contributed by atoms with Gasteiger partial charge >= 0.3 is 6.18 Å². The zero-order chi connectivity index (χ0) is 19.7. The zero-order valence-corrected chi connectivity index (χ0v) is 15.8. The Kier molecular flexibility index (Phi) is 5.17. The molecule has 4 rings (SSSR count). The van der Waals surface area contributed by atoms with Gasteiger partial charge in [-0.15, -0.1) is 0 Å². The Morgan fingerprint density at radius 1 is 0.964 bits per heavy atom. The molecule has 0 unspecified atom stereocenters. The Hall–Kier alpha value is -2.31. The highest BCUT2D eigenvalue weighted by atomic mass is 19.4. The normalized spacial score (nSPS) is 17.5. The minimum absolute atomic E-state index is 0.114. The average Bonchev–Trinajstić information content (AvgIpc) is 3.09. The van der Waals surface area contributed by atoms with Crippen LogP contribution in [0.4, 0.5) is 13.2 Å². The Labute approximate surface area is 162 Å². The summed E-state index contributed by atoms with van der Waals surface area (Å²) in [6.45, 7) is 1.63. The van der Waals surface area contributed by atoms with Crippen LogP contribution in [0.5, 0.6) is 0 Å². The lowest BCUT2D eigenvalue weighted by Gasteiger charge is -2.26. The fourth-order valence-corrected chi connectivity index (χ4v) is 4.23. The molecule has 0 bridgehead atoms. The van der Waals surface area contributed by atoms with Crippen molar-refractivity contribution < 1.29 is 18.0 Å². The third-order valence-electron chi connectivity index (χ3n) is 5.69. The summed E-state index contributed by atoms with van der Waals surface area (Å²) in [5.74, 6) is 0.114. The van der Waals surface area contributed by atoms with Crippen LogP contribution in [0, 0.1) is 0 Å². The molecular weight excluding hydrogens is 367 g/mol. The predicted octanol–water partition coefficient (Wildman–Crippen LogP) is 4.32. The van der Waals surface area contributed by atoms with E-state index in [9.17, 15) is 18.0 Å². The summed E-state index contributed by atoms with van der Waals surface area (Å²) in [6, 6.07) is 7.17. The molecule has 1 amide bonds. The number of hydrogen-bond donors (Lipinski definition) is 0. The summed E-state index contributed by atoms with van der Waals surface area (Å²) in [5.41, 5.74) is 1.73. The molecule has 1 aromatic carbocycles. The van der Waals surface area contributed by atoms with Gasteiger partial charge in [0.15, 0.2) is 5.69 Å². The molecular formula is C21H24F3N3O. The summed E-state index contributed by atoms with van der Waals surface area (Å²) < 4.78 is 41.6. The van der Waals surface area contributed by atoms with Gasteiger partial charge in [0, 0.05) is 24.3 Å². The first-order valence-electron chi connectivity index (χ1n) is 9.98. The number of rotatable bonds is 3. The van der Waals surface area contributed by atoms with E-state index in [4.69, 9.17) is 0 Å². The van der Waals surface area contributed by atoms with E-state index in [0.717, 1.165) is 44.3 Å². The van der Waals surface area contributed by atoms with Gasteiger partial charge in [-0.05, 0) is 62.6 Å². The van der Waals surface area contributed by atoms with E-state index in [0.29, 0.717) is 36.2 Å². The third-order valence-corrected chi connectivity index (χ3v) is 5.69. The van der Waals surface area contributed by atoms with Gasteiger partial charge < -0.3 is 4.90 Å². The van der Waals surface area contributed by atoms with Crippen LogP contribution in [0.15, 0.2) is 24.3 Å². The first-order chi connectivity index (χ1) is 13.4. The fourth-order valence-electron chi connectivity index (χ4n) is 4.23. The van der Waals surface area contributed by atoms with Crippen molar-refractivity contribution in [3.05, 3.63) is 46.8 Å². The predicted molar refractivity (Wildman–Crippen MR) is 99.3 cm³/mol. The Balaban J connectivity index is 1.56. The summed E-state index contributed by atoms with van der Waals surface area (Å²) >= 11 is 0. The Bertz CT molecular complexity index is 849. The molecule has 1 aliphatic heterocycles. The van der Waals surface area contributed by atoms with E-state index >= 15 is 0 Å². The van der Waals surface area contributed by atoms with Crippen molar-refractivity contribution in [3.63, 3.8) is 0 Å². The van der Waals surface area contributed by atoms with Crippen LogP contribution >= 0.6 is 0 Å². The molecule has 7 heteroatoms. The first-order valence-corrected chi connectivity index (χ1v) is 9.98. The van der Waals surface area contributed by atoms with Gasteiger partial charge in [-0.2, -0.15) is 18.3 Å². The zero-order valence-electron chi connectivity index (χ0n) is 15.8. The maximum Gasteiger partial charge on any atom is 0.435 e. The molecule has 0 radical (unpaired) electrons. The quantitative estimate of drug-likeness (QED) is 0.781. The lowest BCUT2D eigenvalue weighted by Crippen LogP contribution is -2.36. The maximum atomic E-state index is 13.4. The topological polar surface area (TPSA) is 38.1 Å². The largest absolute Gasteiger partial charge is 0.435 e. The monoisotopic (exact) mass is 391 g/mol. The van der Waals surface area contributed by atoms with Gasteiger partial charge in [-0.3, -0.25) is 4.79 Å². The lowest BCUT2D eigenvalue weighted by atomic mass is 9.95. The second-order valence-corrected chi connectivity index (χ2v) is 7.68. The van der Waals surface area contributed by atoms with Crippen molar-refractivity contribution in [2.75, 3.05) is 13.1 Å². The number of aromatic nitrogens is 2. The van der Waals surface area contributed by atoms with Crippen LogP contribution in [-0.2, 0) is 30.2 Å². The number of benzene rings is 1. The van der Waals surface area contributed by atoms with Crippen molar-refractivity contribution in [2.24, 2.45) is 0 Å². The number of carbonyl (C=O) groups excluding carboxylic acids is 1. The van der Waals surface area contributed by atoms with E-state index in [-0.39, 0.29) is 5.91 Å². The highest BCUT2D eigenvalue weighted by molar-refractivity contribution is 5.78. The van der Waals surface area contributed by atoms with Crippen LogP contribution in [0.3, 0.4) is 0 Å². The van der Waals surface area contributed by atoms with Gasteiger partial charge in [-0.1, -0.05) is 12.1 Å². The molecule has 0 saturated carbocycles. The lowest BCUT2D eigenvalue weighted by molar-refractivity contribution is -0.142. The number of hydrogen-bond acceptors (Lipinski definition) is 2. The van der Waals surface area contributed by atoms with Crippen molar-refractivity contribution in [3.8, 4) is 5.69 Å². The summed E-state index contributed by atoms with van der Waals surface area (Å²) in [5, 5.41) is 3.91. The molecule has 1 aliphatic carbocycles. The number of nitrogens with zero attached hydrogens (tertiary/aromatic N) is 3. The highest BCUT2D eigenvalue weighted by Crippen LogP contribution is 2.36. The van der Waals surface area contributed by atoms with Gasteiger partial charge in [-0.25, -0.2) is 4.68 Å². The van der Waals surface area contributed by atoms with Crippen LogP contribution in [0.1, 0.15) is 54.6 Å². The summed E-state index contributed by atoms with van der Waals surface area (Å²) in [6.07, 6.45) is 1.83. The molecule has 0 atom stereocenters. The van der Waals surface area contributed by atoms with E-state index in [1.165, 1.54) is 11.1 Å². The number of amides is 1. The van der Waals surface area contributed by atoms with E-state index in [2.05, 4.69) is 5.10 Å². The van der Waals surface area contributed by atoms with E-state index in [1.807, 2.05) is 17.0 Å². The van der Waals surface area contributed by atoms with Gasteiger partial charge in [0.2, 0.25) is 5.91 Å². The van der Waals surface area contributed by atoms with Crippen molar-refractivity contribution in [1.82, 2.24) is 14.7 Å². The van der Waals surface area contributed by atoms with Crippen LogP contribution in [0.25, 0.3) is 5.69 Å². The number of alkyl halides is 3. The summed E-state index contributed by atoms with van der Waals surface area (Å²) in [7, 11) is 0. The van der Waals surface area contributed by atoms with Gasteiger partial charge in [0.1, 0.15) is 0 Å². The molecule has 1 saturated heterocycles. The third kappa shape index (κ3) is 3.80. The minimum Gasteiger partial charge on any atom is -0.342 e. The van der Waals surface area contributed by atoms with Crippen LogP contribution in [-0.4, -0.2) is 33.7 Å². The second kappa shape index (κ2) is 7.60. The van der Waals surface area contributed by atoms with Crippen molar-refractivity contribution in [1.29, 1.82) is 0 Å². The Morgan fingerprint density at radius 2 is 1.64 bits per heavy atom. The molecule has 1 aromatic heterocycles. The van der Waals surface area contributed by atoms with Crippen molar-refractivity contribution in [2.45, 2.75) is 57.5 Å². The van der Waals surface area contributed by atoms with E-state index in [1.54, 1.807) is 12.1 Å². The SMILES string of the molecule is O=C(Cc1ccc(-n2nc(C(F)(F)F)c3c2CCCC3)cc1)N1CCCCC1. The molecule has 0 N–H and O–H groups in total. The maximum absolute atomic E-state index is 13.4. The molecule has 150 valence electrons. The number of fused-ring (bicyclic) bond motifs is 1. The molecule has 1 fully saturated rings.